The molecule has 160 valence electrons. The van der Waals surface area contributed by atoms with E-state index in [9.17, 15) is 18.0 Å². The molecule has 0 aliphatic carbocycles. The van der Waals surface area contributed by atoms with Gasteiger partial charge in [0.1, 0.15) is 10.6 Å². The monoisotopic (exact) mass is 450 g/mol. The molecule has 0 bridgehead atoms. The average Bonchev–Trinajstić information content (AvgIpc) is 3.29. The van der Waals surface area contributed by atoms with E-state index in [1.807, 2.05) is 0 Å². The molecule has 1 saturated heterocycles. The molecule has 0 atom stereocenters. The van der Waals surface area contributed by atoms with E-state index in [4.69, 9.17) is 16.3 Å². The van der Waals surface area contributed by atoms with E-state index in [0.29, 0.717) is 36.5 Å². The van der Waals surface area contributed by atoms with Gasteiger partial charge in [-0.2, -0.15) is 4.31 Å². The second-order valence-electron chi connectivity index (χ2n) is 6.89. The number of Topliss-reactive ketones (excluding diaryl/α,β-unsaturated/α-hetero) is 1. The van der Waals surface area contributed by atoms with E-state index < -0.39 is 15.9 Å². The van der Waals surface area contributed by atoms with Crippen molar-refractivity contribution in [2.45, 2.75) is 31.1 Å². The van der Waals surface area contributed by atoms with Gasteiger partial charge in [0.15, 0.2) is 12.4 Å². The normalized spacial score (nSPS) is 14.5. The van der Waals surface area contributed by atoms with E-state index in [0.717, 1.165) is 12.8 Å². The molecule has 9 heteroatoms. The number of benzene rings is 2. The van der Waals surface area contributed by atoms with Crippen molar-refractivity contribution >= 4 is 39.0 Å². The van der Waals surface area contributed by atoms with Crippen molar-refractivity contribution in [2.75, 3.05) is 25.0 Å². The summed E-state index contributed by atoms with van der Waals surface area (Å²) in [5.41, 5.74) is 0.900. The molecule has 2 aromatic rings. The highest BCUT2D eigenvalue weighted by atomic mass is 35.5. The van der Waals surface area contributed by atoms with Gasteiger partial charge in [0, 0.05) is 30.8 Å². The summed E-state index contributed by atoms with van der Waals surface area (Å²) in [6.45, 7) is 2.45. The highest BCUT2D eigenvalue weighted by molar-refractivity contribution is 7.89. The summed E-state index contributed by atoms with van der Waals surface area (Å²) in [4.78, 5) is 23.8. The largest absolute Gasteiger partial charge is 0.484 e. The maximum absolute atomic E-state index is 12.8. The Labute approximate surface area is 181 Å². The summed E-state index contributed by atoms with van der Waals surface area (Å²) in [5.74, 6) is 0.0310. The van der Waals surface area contributed by atoms with Gasteiger partial charge < -0.3 is 10.1 Å². The van der Waals surface area contributed by atoms with Crippen LogP contribution >= 0.6 is 11.6 Å². The maximum atomic E-state index is 12.8. The molecular weight excluding hydrogens is 428 g/mol. The summed E-state index contributed by atoms with van der Waals surface area (Å²) in [6.07, 6.45) is 2.05. The van der Waals surface area contributed by atoms with Gasteiger partial charge in [-0.15, -0.1) is 0 Å². The van der Waals surface area contributed by atoms with E-state index in [-0.39, 0.29) is 22.3 Å². The number of halogens is 1. The maximum Gasteiger partial charge on any atom is 0.262 e. The highest BCUT2D eigenvalue weighted by Gasteiger charge is 2.29. The predicted octanol–water partition coefficient (Wildman–Crippen LogP) is 3.73. The van der Waals surface area contributed by atoms with Crippen LogP contribution in [0.5, 0.6) is 5.75 Å². The molecule has 0 saturated carbocycles. The molecule has 7 nitrogen and oxygen atoms in total. The van der Waals surface area contributed by atoms with Gasteiger partial charge in [0.2, 0.25) is 10.0 Å². The van der Waals surface area contributed by atoms with Crippen LogP contribution in [0.1, 0.15) is 36.5 Å². The number of ketones is 1. The lowest BCUT2D eigenvalue weighted by molar-refractivity contribution is -0.118. The van der Waals surface area contributed by atoms with Crippen molar-refractivity contribution in [3.8, 4) is 5.75 Å². The molecule has 0 radical (unpaired) electrons. The molecule has 1 amide bonds. The summed E-state index contributed by atoms with van der Waals surface area (Å²) in [6, 6.07) is 10.9. The van der Waals surface area contributed by atoms with Gasteiger partial charge in [-0.3, -0.25) is 9.59 Å². The minimum atomic E-state index is -3.71. The molecule has 1 heterocycles. The summed E-state index contributed by atoms with van der Waals surface area (Å²) in [7, 11) is -3.71. The molecule has 0 unspecified atom stereocenters. The lowest BCUT2D eigenvalue weighted by Gasteiger charge is -2.17. The number of carbonyl (C=O) groups is 2. The van der Waals surface area contributed by atoms with Crippen molar-refractivity contribution < 1.29 is 22.7 Å². The first-order valence-electron chi connectivity index (χ1n) is 9.67. The third-order valence-corrected chi connectivity index (χ3v) is 7.15. The predicted molar refractivity (Wildman–Crippen MR) is 115 cm³/mol. The first-order valence-corrected chi connectivity index (χ1v) is 11.5. The van der Waals surface area contributed by atoms with E-state index >= 15 is 0 Å². The number of anilines is 1. The van der Waals surface area contributed by atoms with Gasteiger partial charge >= 0.3 is 0 Å². The van der Waals surface area contributed by atoms with E-state index in [2.05, 4.69) is 5.32 Å². The fourth-order valence-corrected chi connectivity index (χ4v) is 5.15. The number of amides is 1. The SMILES string of the molecule is CCC(=O)c1ccc(OCC(=O)Nc2ccc(Cl)c(S(=O)(=O)N3CCCC3)c2)cc1. The molecule has 2 aromatic carbocycles. The number of ether oxygens (including phenoxy) is 1. The topological polar surface area (TPSA) is 92.8 Å². The zero-order chi connectivity index (χ0) is 21.7. The highest BCUT2D eigenvalue weighted by Crippen LogP contribution is 2.29. The summed E-state index contributed by atoms with van der Waals surface area (Å²) in [5, 5.41) is 2.73. The van der Waals surface area contributed by atoms with Crippen molar-refractivity contribution in [2.24, 2.45) is 0 Å². The average molecular weight is 451 g/mol. The van der Waals surface area contributed by atoms with Crippen LogP contribution in [0, 0.1) is 0 Å². The number of rotatable bonds is 8. The van der Waals surface area contributed by atoms with Crippen molar-refractivity contribution in [3.05, 3.63) is 53.1 Å². The van der Waals surface area contributed by atoms with Crippen LogP contribution in [-0.4, -0.2) is 44.1 Å². The van der Waals surface area contributed by atoms with Crippen molar-refractivity contribution in [3.63, 3.8) is 0 Å². The number of hydrogen-bond acceptors (Lipinski definition) is 5. The Morgan fingerprint density at radius 3 is 2.40 bits per heavy atom. The van der Waals surface area contributed by atoms with E-state index in [1.165, 1.54) is 22.5 Å². The van der Waals surface area contributed by atoms with Crippen LogP contribution in [0.25, 0.3) is 0 Å². The minimum absolute atomic E-state index is 0.0269. The molecule has 0 aromatic heterocycles. The standard InChI is InChI=1S/C21H23ClN2O5S/c1-2-19(25)15-5-8-17(9-6-15)29-14-21(26)23-16-7-10-18(22)20(13-16)30(27,28)24-11-3-4-12-24/h5-10,13H,2-4,11-12,14H2,1H3,(H,23,26). The molecule has 1 N–H and O–H groups in total. The molecule has 3 rings (SSSR count). The lowest BCUT2D eigenvalue weighted by Crippen LogP contribution is -2.28. The Morgan fingerprint density at radius 2 is 1.77 bits per heavy atom. The second kappa shape index (κ2) is 9.59. The third-order valence-electron chi connectivity index (χ3n) is 4.77. The molecule has 30 heavy (non-hydrogen) atoms. The van der Waals surface area contributed by atoms with Crippen molar-refractivity contribution in [1.82, 2.24) is 4.31 Å². The van der Waals surface area contributed by atoms with Crippen LogP contribution in [0.3, 0.4) is 0 Å². The fraction of sp³-hybridized carbons (Fsp3) is 0.333. The summed E-state index contributed by atoms with van der Waals surface area (Å²) < 4.78 is 32.4. The number of hydrogen-bond donors (Lipinski definition) is 1. The molecular formula is C21H23ClN2O5S. The molecule has 1 aliphatic heterocycles. The van der Waals surface area contributed by atoms with Gasteiger partial charge in [-0.05, 0) is 55.3 Å². The van der Waals surface area contributed by atoms with Crippen LogP contribution in [0.15, 0.2) is 47.4 Å². The lowest BCUT2D eigenvalue weighted by atomic mass is 10.1. The number of nitrogens with zero attached hydrogens (tertiary/aromatic N) is 1. The van der Waals surface area contributed by atoms with Crippen LogP contribution in [-0.2, 0) is 14.8 Å². The number of carbonyl (C=O) groups excluding carboxylic acids is 2. The first kappa shape index (κ1) is 22.3. The Morgan fingerprint density at radius 1 is 1.10 bits per heavy atom. The Bertz CT molecular complexity index is 1030. The van der Waals surface area contributed by atoms with Gasteiger partial charge in [-0.25, -0.2) is 8.42 Å². The van der Waals surface area contributed by atoms with Gasteiger partial charge in [0.05, 0.1) is 5.02 Å². The molecule has 1 fully saturated rings. The van der Waals surface area contributed by atoms with Crippen LogP contribution < -0.4 is 10.1 Å². The Hall–Kier alpha value is -2.42. The molecule has 0 spiro atoms. The Kier molecular flexibility index (Phi) is 7.12. The van der Waals surface area contributed by atoms with Gasteiger partial charge in [-0.1, -0.05) is 18.5 Å². The van der Waals surface area contributed by atoms with Crippen molar-refractivity contribution in [1.29, 1.82) is 0 Å². The zero-order valence-electron chi connectivity index (χ0n) is 16.6. The summed E-state index contributed by atoms with van der Waals surface area (Å²) >= 11 is 6.12. The molecule has 1 aliphatic rings. The first-order chi connectivity index (χ1) is 14.3. The third kappa shape index (κ3) is 5.19. The Balaban J connectivity index is 1.63. The minimum Gasteiger partial charge on any atom is -0.484 e. The quantitative estimate of drug-likeness (QED) is 0.618. The second-order valence-corrected chi connectivity index (χ2v) is 9.21. The van der Waals surface area contributed by atoms with Gasteiger partial charge in [0.25, 0.3) is 5.91 Å². The van der Waals surface area contributed by atoms with Crippen LogP contribution in [0.4, 0.5) is 5.69 Å². The van der Waals surface area contributed by atoms with Crippen LogP contribution in [0.2, 0.25) is 5.02 Å². The van der Waals surface area contributed by atoms with E-state index in [1.54, 1.807) is 31.2 Å². The smallest absolute Gasteiger partial charge is 0.262 e. The number of sulfonamides is 1. The number of nitrogens with one attached hydrogen (secondary N) is 1. The fourth-order valence-electron chi connectivity index (χ4n) is 3.13. The zero-order valence-corrected chi connectivity index (χ0v) is 18.1.